The van der Waals surface area contributed by atoms with Gasteiger partial charge in [0.1, 0.15) is 10.7 Å². The van der Waals surface area contributed by atoms with Gasteiger partial charge < -0.3 is 5.73 Å². The van der Waals surface area contributed by atoms with Crippen molar-refractivity contribution in [3.8, 4) is 0 Å². The van der Waals surface area contributed by atoms with Crippen molar-refractivity contribution in [2.24, 2.45) is 5.73 Å². The lowest BCUT2D eigenvalue weighted by Crippen LogP contribution is -2.53. The summed E-state index contributed by atoms with van der Waals surface area (Å²) in [5, 5.41) is 0. The van der Waals surface area contributed by atoms with Crippen LogP contribution in [0.4, 0.5) is 4.39 Å². The van der Waals surface area contributed by atoms with Gasteiger partial charge in [0.25, 0.3) is 0 Å². The van der Waals surface area contributed by atoms with Crippen molar-refractivity contribution in [3.05, 3.63) is 24.3 Å². The highest BCUT2D eigenvalue weighted by Crippen LogP contribution is 2.16. The molecule has 0 amide bonds. The molecule has 1 rings (SSSR count). The minimum Gasteiger partial charge on any atom is -0.392 e. The molecule has 8 heteroatoms. The molecular formula is C10H14FN3O2S2. The van der Waals surface area contributed by atoms with Gasteiger partial charge in [0.15, 0.2) is 0 Å². The predicted octanol–water partition coefficient (Wildman–Crippen LogP) is 0.954. The molecule has 0 radical (unpaired) electrons. The highest BCUT2D eigenvalue weighted by atomic mass is 32.2. The van der Waals surface area contributed by atoms with Gasteiger partial charge in [-0.2, -0.15) is 4.72 Å². The molecule has 1 unspecified atom stereocenters. The van der Waals surface area contributed by atoms with Gasteiger partial charge in [-0.1, -0.05) is 19.1 Å². The summed E-state index contributed by atoms with van der Waals surface area (Å²) in [5.74, 6) is -0.730. The van der Waals surface area contributed by atoms with E-state index in [1.165, 1.54) is 0 Å². The van der Waals surface area contributed by atoms with Gasteiger partial charge in [0, 0.05) is 6.20 Å². The summed E-state index contributed by atoms with van der Waals surface area (Å²) in [5.41, 5.74) is 4.46. The van der Waals surface area contributed by atoms with Crippen LogP contribution in [0.1, 0.15) is 20.3 Å². The molecule has 3 N–H and O–H groups in total. The summed E-state index contributed by atoms with van der Waals surface area (Å²) in [6, 6.07) is 0.880. The standard InChI is InChI=1S/C10H14FN3O2S2/c1-3-10(2,9(12)17)14-18(15,16)8-4-7(11)5-13-6-8/h4-6,14H,3H2,1-2H3,(H2,12,17). The van der Waals surface area contributed by atoms with Crippen LogP contribution in [0.25, 0.3) is 0 Å². The van der Waals surface area contributed by atoms with Crippen molar-refractivity contribution in [1.82, 2.24) is 9.71 Å². The zero-order chi connectivity index (χ0) is 14.0. The molecule has 0 fully saturated rings. The number of thiocarbonyl (C=S) groups is 1. The minimum atomic E-state index is -3.92. The maximum atomic E-state index is 13.0. The van der Waals surface area contributed by atoms with Crippen LogP contribution in [-0.4, -0.2) is 23.9 Å². The van der Waals surface area contributed by atoms with Crippen molar-refractivity contribution in [2.45, 2.75) is 30.7 Å². The summed E-state index contributed by atoms with van der Waals surface area (Å²) >= 11 is 4.83. The Morgan fingerprint density at radius 1 is 1.61 bits per heavy atom. The molecule has 1 aromatic rings. The first-order chi connectivity index (χ1) is 8.21. The molecule has 0 saturated heterocycles. The zero-order valence-electron chi connectivity index (χ0n) is 9.97. The predicted molar refractivity (Wildman–Crippen MR) is 70.0 cm³/mol. The van der Waals surface area contributed by atoms with Crippen LogP contribution in [0.2, 0.25) is 0 Å². The first kappa shape index (κ1) is 14.9. The van der Waals surface area contributed by atoms with Crippen LogP contribution >= 0.6 is 12.2 Å². The Bertz CT molecular complexity index is 562. The third-order valence-corrected chi connectivity index (χ3v) is 4.61. The van der Waals surface area contributed by atoms with E-state index < -0.39 is 21.4 Å². The maximum Gasteiger partial charge on any atom is 0.243 e. The maximum absolute atomic E-state index is 13.0. The molecule has 1 aromatic heterocycles. The quantitative estimate of drug-likeness (QED) is 0.789. The fraction of sp³-hybridized carbons (Fsp3) is 0.400. The Labute approximate surface area is 111 Å². The second-order valence-corrected chi connectivity index (χ2v) is 6.12. The van der Waals surface area contributed by atoms with E-state index in [1.54, 1.807) is 13.8 Å². The van der Waals surface area contributed by atoms with Crippen LogP contribution in [0, 0.1) is 5.82 Å². The van der Waals surface area contributed by atoms with Crippen molar-refractivity contribution in [1.29, 1.82) is 0 Å². The topological polar surface area (TPSA) is 85.1 Å². The van der Waals surface area contributed by atoms with Gasteiger partial charge in [0.2, 0.25) is 10.0 Å². The fourth-order valence-corrected chi connectivity index (χ4v) is 2.88. The van der Waals surface area contributed by atoms with E-state index in [1.807, 2.05) is 0 Å². The highest BCUT2D eigenvalue weighted by molar-refractivity contribution is 7.89. The van der Waals surface area contributed by atoms with Gasteiger partial charge in [-0.3, -0.25) is 4.98 Å². The molecule has 100 valence electrons. The number of nitrogens with zero attached hydrogens (tertiary/aromatic N) is 1. The molecule has 0 bridgehead atoms. The molecule has 1 heterocycles. The Hall–Kier alpha value is -1.12. The van der Waals surface area contributed by atoms with Gasteiger partial charge in [-0.05, 0) is 19.4 Å². The largest absolute Gasteiger partial charge is 0.392 e. The first-order valence-corrected chi connectivity index (χ1v) is 7.05. The van der Waals surface area contributed by atoms with Gasteiger partial charge in [-0.25, -0.2) is 12.8 Å². The van der Waals surface area contributed by atoms with E-state index in [0.29, 0.717) is 6.42 Å². The number of hydrogen-bond acceptors (Lipinski definition) is 4. The molecule has 1 atom stereocenters. The highest BCUT2D eigenvalue weighted by Gasteiger charge is 2.32. The van der Waals surface area contributed by atoms with Crippen LogP contribution < -0.4 is 10.5 Å². The van der Waals surface area contributed by atoms with Gasteiger partial charge >= 0.3 is 0 Å². The summed E-state index contributed by atoms with van der Waals surface area (Å²) < 4.78 is 39.4. The number of aromatic nitrogens is 1. The normalized spacial score (nSPS) is 15.1. The number of rotatable bonds is 5. The molecule has 0 aliphatic carbocycles. The lowest BCUT2D eigenvalue weighted by Gasteiger charge is -2.27. The SMILES string of the molecule is CCC(C)(NS(=O)(=O)c1cncc(F)c1)C(N)=S. The zero-order valence-corrected chi connectivity index (χ0v) is 11.6. The molecular weight excluding hydrogens is 277 g/mol. The monoisotopic (exact) mass is 291 g/mol. The lowest BCUT2D eigenvalue weighted by molar-refractivity contribution is 0.510. The summed E-state index contributed by atoms with van der Waals surface area (Å²) in [6.45, 7) is 3.31. The van der Waals surface area contributed by atoms with Crippen molar-refractivity contribution >= 4 is 27.2 Å². The number of pyridine rings is 1. The number of nitrogens with two attached hydrogens (primary N) is 1. The van der Waals surface area contributed by atoms with E-state index in [4.69, 9.17) is 18.0 Å². The van der Waals surface area contributed by atoms with Crippen molar-refractivity contribution in [2.75, 3.05) is 0 Å². The van der Waals surface area contributed by atoms with Crippen LogP contribution in [-0.2, 0) is 10.0 Å². The summed E-state index contributed by atoms with van der Waals surface area (Å²) in [4.78, 5) is 3.25. The molecule has 0 spiro atoms. The third-order valence-electron chi connectivity index (χ3n) is 2.60. The fourth-order valence-electron chi connectivity index (χ4n) is 1.19. The molecule has 0 aromatic carbocycles. The summed E-state index contributed by atoms with van der Waals surface area (Å²) in [6.07, 6.45) is 2.36. The van der Waals surface area contributed by atoms with E-state index in [9.17, 15) is 12.8 Å². The molecule has 0 saturated carbocycles. The summed E-state index contributed by atoms with van der Waals surface area (Å²) in [7, 11) is -3.92. The average Bonchev–Trinajstić information content (AvgIpc) is 2.28. The number of sulfonamides is 1. The van der Waals surface area contributed by atoms with Crippen molar-refractivity contribution < 1.29 is 12.8 Å². The Morgan fingerprint density at radius 3 is 2.67 bits per heavy atom. The Balaban J connectivity index is 3.13. The third kappa shape index (κ3) is 3.21. The van der Waals surface area contributed by atoms with E-state index in [2.05, 4.69) is 9.71 Å². The second kappa shape index (κ2) is 5.25. The second-order valence-electron chi connectivity index (χ2n) is 3.99. The molecule has 18 heavy (non-hydrogen) atoms. The lowest BCUT2D eigenvalue weighted by atomic mass is 10.0. The first-order valence-electron chi connectivity index (χ1n) is 5.16. The van der Waals surface area contributed by atoms with Crippen LogP contribution in [0.15, 0.2) is 23.4 Å². The Morgan fingerprint density at radius 2 is 2.22 bits per heavy atom. The smallest absolute Gasteiger partial charge is 0.243 e. The molecule has 0 aliphatic rings. The number of hydrogen-bond donors (Lipinski definition) is 2. The van der Waals surface area contributed by atoms with Crippen LogP contribution in [0.5, 0.6) is 0 Å². The van der Waals surface area contributed by atoms with Crippen LogP contribution in [0.3, 0.4) is 0 Å². The number of halogens is 1. The van der Waals surface area contributed by atoms with E-state index in [-0.39, 0.29) is 9.88 Å². The number of nitrogens with one attached hydrogen (secondary N) is 1. The molecule has 5 nitrogen and oxygen atoms in total. The van der Waals surface area contributed by atoms with Gasteiger partial charge in [0.05, 0.1) is 16.7 Å². The van der Waals surface area contributed by atoms with Crippen molar-refractivity contribution in [3.63, 3.8) is 0 Å². The van der Waals surface area contributed by atoms with Gasteiger partial charge in [-0.15, -0.1) is 0 Å². The Kier molecular flexibility index (Phi) is 4.36. The minimum absolute atomic E-state index is 0.0259. The molecule has 0 aliphatic heterocycles. The van der Waals surface area contributed by atoms with E-state index >= 15 is 0 Å². The average molecular weight is 291 g/mol. The van der Waals surface area contributed by atoms with E-state index in [0.717, 1.165) is 18.5 Å².